The van der Waals surface area contributed by atoms with E-state index in [1.54, 1.807) is 10.9 Å². The molecular formula is C17H20ClN7O. The van der Waals surface area contributed by atoms with Crippen LogP contribution >= 0.6 is 11.6 Å². The Kier molecular flexibility index (Phi) is 4.28. The number of aromatic nitrogens is 4. The number of carbonyl (C=O) groups excluding carboxylic acids is 1. The number of halogens is 1. The predicted octanol–water partition coefficient (Wildman–Crippen LogP) is 2.18. The normalized spacial score (nSPS) is 26.2. The lowest BCUT2D eigenvalue weighted by Gasteiger charge is -2.27. The Hall–Kier alpha value is -2.61. The molecule has 2 aliphatic rings. The number of amides is 1. The number of fused-ring (bicyclic) bond motifs is 2. The van der Waals surface area contributed by atoms with Gasteiger partial charge in [0, 0.05) is 18.8 Å². The van der Waals surface area contributed by atoms with Crippen LogP contribution in [0.3, 0.4) is 0 Å². The number of nitrogens with two attached hydrogens (primary N) is 1. The highest BCUT2D eigenvalue weighted by atomic mass is 35.5. The quantitative estimate of drug-likeness (QED) is 0.669. The molecule has 4 atom stereocenters. The molecule has 4 N–H and O–H groups in total. The zero-order chi connectivity index (χ0) is 18.3. The summed E-state index contributed by atoms with van der Waals surface area (Å²) in [7, 11) is 0. The van der Waals surface area contributed by atoms with Crippen molar-refractivity contribution >= 4 is 35.0 Å². The van der Waals surface area contributed by atoms with E-state index in [4.69, 9.17) is 17.3 Å². The summed E-state index contributed by atoms with van der Waals surface area (Å²) in [5.74, 6) is 0.784. The Morgan fingerprint density at radius 3 is 2.92 bits per heavy atom. The molecule has 1 saturated carbocycles. The molecule has 1 fully saturated rings. The van der Waals surface area contributed by atoms with Gasteiger partial charge < -0.3 is 16.4 Å². The summed E-state index contributed by atoms with van der Waals surface area (Å²) < 4.78 is 1.80. The van der Waals surface area contributed by atoms with Crippen molar-refractivity contribution in [3.63, 3.8) is 0 Å². The molecule has 26 heavy (non-hydrogen) atoms. The van der Waals surface area contributed by atoms with Crippen LogP contribution in [-0.2, 0) is 11.3 Å². The molecule has 2 bridgehead atoms. The number of rotatable bonds is 6. The Morgan fingerprint density at radius 2 is 2.19 bits per heavy atom. The molecule has 2 aliphatic carbocycles. The highest BCUT2D eigenvalue weighted by molar-refractivity contribution is 6.32. The second-order valence-corrected chi connectivity index (χ2v) is 7.05. The first-order valence-electron chi connectivity index (χ1n) is 8.61. The number of hydrogen-bond acceptors (Lipinski definition) is 6. The third-order valence-electron chi connectivity index (χ3n) is 5.05. The maximum atomic E-state index is 11.9. The van der Waals surface area contributed by atoms with Gasteiger partial charge in [-0.3, -0.25) is 9.48 Å². The topological polar surface area (TPSA) is 111 Å². The third kappa shape index (κ3) is 3.01. The van der Waals surface area contributed by atoms with Gasteiger partial charge in [0.2, 0.25) is 11.9 Å². The lowest BCUT2D eigenvalue weighted by atomic mass is 9.88. The number of nitrogens with one attached hydrogen (secondary N) is 2. The van der Waals surface area contributed by atoms with E-state index in [9.17, 15) is 4.79 Å². The Labute approximate surface area is 155 Å². The van der Waals surface area contributed by atoms with Gasteiger partial charge >= 0.3 is 0 Å². The van der Waals surface area contributed by atoms with Crippen LogP contribution < -0.4 is 16.4 Å². The molecule has 2 heterocycles. The zero-order valence-electron chi connectivity index (χ0n) is 14.3. The van der Waals surface area contributed by atoms with Gasteiger partial charge in [0.05, 0.1) is 24.0 Å². The molecule has 2 aromatic rings. The third-order valence-corrected chi connectivity index (χ3v) is 5.33. The van der Waals surface area contributed by atoms with Gasteiger partial charge in [-0.25, -0.2) is 4.98 Å². The summed E-state index contributed by atoms with van der Waals surface area (Å²) in [4.78, 5) is 20.6. The van der Waals surface area contributed by atoms with Gasteiger partial charge in [0.25, 0.3) is 0 Å². The number of hydrogen-bond donors (Lipinski definition) is 3. The molecule has 0 aromatic carbocycles. The molecule has 1 amide bonds. The van der Waals surface area contributed by atoms with Crippen LogP contribution in [0, 0.1) is 17.8 Å². The first-order valence-corrected chi connectivity index (χ1v) is 8.99. The van der Waals surface area contributed by atoms with Gasteiger partial charge in [-0.05, 0) is 25.2 Å². The minimum atomic E-state index is -0.296. The first kappa shape index (κ1) is 16.8. The van der Waals surface area contributed by atoms with E-state index < -0.39 is 0 Å². The number of carbonyl (C=O) groups is 1. The smallest absolute Gasteiger partial charge is 0.229 e. The highest BCUT2D eigenvalue weighted by Crippen LogP contribution is 2.45. The first-order chi connectivity index (χ1) is 12.5. The highest BCUT2D eigenvalue weighted by Gasteiger charge is 2.47. The van der Waals surface area contributed by atoms with Crippen LogP contribution in [0.15, 0.2) is 30.7 Å². The van der Waals surface area contributed by atoms with Gasteiger partial charge in [0.15, 0.2) is 5.82 Å². The lowest BCUT2D eigenvalue weighted by molar-refractivity contribution is -0.122. The van der Waals surface area contributed by atoms with Crippen molar-refractivity contribution in [1.82, 2.24) is 19.7 Å². The molecule has 0 saturated heterocycles. The van der Waals surface area contributed by atoms with Crippen molar-refractivity contribution in [2.45, 2.75) is 25.9 Å². The fourth-order valence-corrected chi connectivity index (χ4v) is 3.97. The van der Waals surface area contributed by atoms with E-state index >= 15 is 0 Å². The summed E-state index contributed by atoms with van der Waals surface area (Å²) in [6.07, 6.45) is 10.3. The van der Waals surface area contributed by atoms with Crippen LogP contribution in [0.2, 0.25) is 5.02 Å². The van der Waals surface area contributed by atoms with Crippen molar-refractivity contribution in [2.75, 3.05) is 10.6 Å². The number of anilines is 3. The molecule has 0 radical (unpaired) electrons. The second kappa shape index (κ2) is 6.60. The van der Waals surface area contributed by atoms with Crippen molar-refractivity contribution in [3.8, 4) is 0 Å². The summed E-state index contributed by atoms with van der Waals surface area (Å²) in [6, 6.07) is -0.106. The summed E-state index contributed by atoms with van der Waals surface area (Å²) >= 11 is 6.27. The zero-order valence-corrected chi connectivity index (χ0v) is 15.0. The number of allylic oxidation sites excluding steroid dienone is 1. The Bertz CT molecular complexity index is 865. The van der Waals surface area contributed by atoms with Crippen molar-refractivity contribution in [2.24, 2.45) is 23.5 Å². The standard InChI is InChI=1S/C17H20ClN7O/c1-2-25-8-11(6-21-25)22-17-20-7-12(18)16(24-17)23-14-10-4-3-9(5-10)13(14)15(19)26/h3-4,6-10,13-14H,2,5H2,1H3,(H2,19,26)(H2,20,22,23,24)/t9-,10+,13+,14-/m1/s1. The molecule has 0 aliphatic heterocycles. The fraction of sp³-hybridized carbons (Fsp3) is 0.412. The minimum Gasteiger partial charge on any atom is -0.369 e. The van der Waals surface area contributed by atoms with E-state index in [0.717, 1.165) is 18.7 Å². The SMILES string of the molecule is CCn1cc(Nc2ncc(Cl)c(N[C@H]3[C@@H](C(N)=O)[C@@H]4C=C[C@H]3C4)n2)cn1. The average Bonchev–Trinajstić information content (AvgIpc) is 3.33. The van der Waals surface area contributed by atoms with E-state index in [0.29, 0.717) is 16.8 Å². The van der Waals surface area contributed by atoms with Crippen molar-refractivity contribution in [3.05, 3.63) is 35.8 Å². The lowest BCUT2D eigenvalue weighted by Crippen LogP contribution is -2.41. The minimum absolute atomic E-state index is 0.106. The van der Waals surface area contributed by atoms with Gasteiger partial charge in [-0.15, -0.1) is 0 Å². The van der Waals surface area contributed by atoms with Crippen LogP contribution in [-0.4, -0.2) is 31.7 Å². The maximum absolute atomic E-state index is 11.9. The average molecular weight is 374 g/mol. The van der Waals surface area contributed by atoms with E-state index in [1.165, 1.54) is 6.20 Å². The largest absolute Gasteiger partial charge is 0.369 e. The molecule has 136 valence electrons. The van der Waals surface area contributed by atoms with Crippen molar-refractivity contribution < 1.29 is 4.79 Å². The van der Waals surface area contributed by atoms with Crippen LogP contribution in [0.1, 0.15) is 13.3 Å². The molecule has 4 rings (SSSR count). The summed E-state index contributed by atoms with van der Waals surface area (Å²) in [5.41, 5.74) is 6.40. The Balaban J connectivity index is 1.55. The molecule has 2 aromatic heterocycles. The van der Waals surface area contributed by atoms with Crippen LogP contribution in [0.25, 0.3) is 0 Å². The molecule has 9 heteroatoms. The molecular weight excluding hydrogens is 354 g/mol. The van der Waals surface area contributed by atoms with E-state index in [2.05, 4.69) is 37.9 Å². The monoisotopic (exact) mass is 373 g/mol. The summed E-state index contributed by atoms with van der Waals surface area (Å²) in [6.45, 7) is 2.79. The van der Waals surface area contributed by atoms with Crippen molar-refractivity contribution in [1.29, 1.82) is 0 Å². The molecule has 0 spiro atoms. The molecule has 8 nitrogen and oxygen atoms in total. The van der Waals surface area contributed by atoms with Crippen LogP contribution in [0.5, 0.6) is 0 Å². The Morgan fingerprint density at radius 1 is 1.38 bits per heavy atom. The second-order valence-electron chi connectivity index (χ2n) is 6.65. The van der Waals surface area contributed by atoms with Crippen LogP contribution in [0.4, 0.5) is 17.5 Å². The van der Waals surface area contributed by atoms with Gasteiger partial charge in [-0.2, -0.15) is 10.1 Å². The fourth-order valence-electron chi connectivity index (χ4n) is 3.82. The predicted molar refractivity (Wildman–Crippen MR) is 99.1 cm³/mol. The number of aryl methyl sites for hydroxylation is 1. The van der Waals surface area contributed by atoms with E-state index in [-0.39, 0.29) is 29.7 Å². The maximum Gasteiger partial charge on any atom is 0.229 e. The number of primary amides is 1. The van der Waals surface area contributed by atoms with E-state index in [1.807, 2.05) is 13.1 Å². The van der Waals surface area contributed by atoms with Gasteiger partial charge in [0.1, 0.15) is 5.02 Å². The summed E-state index contributed by atoms with van der Waals surface area (Å²) in [5, 5.41) is 11.0. The number of nitrogens with zero attached hydrogens (tertiary/aromatic N) is 4. The van der Waals surface area contributed by atoms with Gasteiger partial charge in [-0.1, -0.05) is 23.8 Å². The molecule has 0 unspecified atom stereocenters.